The van der Waals surface area contributed by atoms with Crippen LogP contribution in [-0.2, 0) is 13.5 Å². The second-order valence-electron chi connectivity index (χ2n) is 4.44. The summed E-state index contributed by atoms with van der Waals surface area (Å²) in [7, 11) is 1.83. The maximum Gasteiger partial charge on any atom is 0.129 e. The number of nitrogens with zero attached hydrogens (tertiary/aromatic N) is 2. The molecule has 0 aliphatic heterocycles. The zero-order valence-corrected chi connectivity index (χ0v) is 10.8. The van der Waals surface area contributed by atoms with Gasteiger partial charge >= 0.3 is 0 Å². The molecule has 1 aromatic heterocycles. The predicted octanol–water partition coefficient (Wildman–Crippen LogP) is 3.15. The second-order valence-corrected chi connectivity index (χ2v) is 4.44. The minimum absolute atomic E-state index is 0.240. The molecule has 2 N–H and O–H groups in total. The summed E-state index contributed by atoms with van der Waals surface area (Å²) in [6.07, 6.45) is 3.08. The van der Waals surface area contributed by atoms with Gasteiger partial charge in [-0.3, -0.25) is 4.68 Å². The fraction of sp³-hybridized carbons (Fsp3) is 0.357. The Kier molecular flexibility index (Phi) is 3.65. The van der Waals surface area contributed by atoms with E-state index in [-0.39, 0.29) is 5.82 Å². The van der Waals surface area contributed by atoms with E-state index in [1.54, 1.807) is 16.8 Å². The van der Waals surface area contributed by atoms with Gasteiger partial charge in [0, 0.05) is 12.6 Å². The van der Waals surface area contributed by atoms with Gasteiger partial charge in [-0.2, -0.15) is 5.10 Å². The Bertz CT molecular complexity index is 529. The average molecular weight is 247 g/mol. The lowest BCUT2D eigenvalue weighted by Gasteiger charge is -2.03. The highest BCUT2D eigenvalue weighted by Gasteiger charge is 2.15. The van der Waals surface area contributed by atoms with Crippen molar-refractivity contribution in [3.8, 4) is 11.1 Å². The third-order valence-corrected chi connectivity index (χ3v) is 3.06. The lowest BCUT2D eigenvalue weighted by Crippen LogP contribution is -1.98. The van der Waals surface area contributed by atoms with Crippen LogP contribution in [0.15, 0.2) is 24.3 Å². The average Bonchev–Trinajstić information content (AvgIpc) is 2.64. The molecule has 0 spiro atoms. The maximum atomic E-state index is 13.0. The van der Waals surface area contributed by atoms with Gasteiger partial charge in [-0.15, -0.1) is 0 Å². The Hall–Kier alpha value is -1.84. The van der Waals surface area contributed by atoms with Gasteiger partial charge in [-0.05, 0) is 30.5 Å². The molecule has 4 heteroatoms. The number of benzene rings is 1. The number of hydrogen-bond acceptors (Lipinski definition) is 2. The number of halogens is 1. The van der Waals surface area contributed by atoms with E-state index in [1.807, 2.05) is 7.05 Å². The Balaban J connectivity index is 2.44. The minimum Gasteiger partial charge on any atom is -0.383 e. The molecule has 1 heterocycles. The monoisotopic (exact) mass is 247 g/mol. The Labute approximate surface area is 106 Å². The van der Waals surface area contributed by atoms with Gasteiger partial charge in [0.2, 0.25) is 0 Å². The first kappa shape index (κ1) is 12.6. The van der Waals surface area contributed by atoms with E-state index < -0.39 is 0 Å². The molecular formula is C14H18FN3. The summed E-state index contributed by atoms with van der Waals surface area (Å²) in [5, 5.41) is 4.44. The maximum absolute atomic E-state index is 13.0. The molecule has 0 bridgehead atoms. The van der Waals surface area contributed by atoms with E-state index in [0.717, 1.165) is 36.1 Å². The third kappa shape index (κ3) is 2.37. The Morgan fingerprint density at radius 1 is 1.28 bits per heavy atom. The number of aromatic nitrogens is 2. The molecule has 0 aliphatic rings. The van der Waals surface area contributed by atoms with E-state index in [0.29, 0.717) is 5.82 Å². The molecule has 0 atom stereocenters. The van der Waals surface area contributed by atoms with Gasteiger partial charge in [0.1, 0.15) is 11.6 Å². The number of nitrogens with two attached hydrogens (primary N) is 1. The molecule has 2 rings (SSSR count). The van der Waals surface area contributed by atoms with Crippen LogP contribution in [0.3, 0.4) is 0 Å². The zero-order chi connectivity index (χ0) is 13.1. The van der Waals surface area contributed by atoms with Crippen LogP contribution in [0.25, 0.3) is 11.1 Å². The molecule has 0 unspecified atom stereocenters. The first-order chi connectivity index (χ1) is 8.63. The molecule has 0 saturated carbocycles. The van der Waals surface area contributed by atoms with Crippen molar-refractivity contribution in [2.45, 2.75) is 26.2 Å². The minimum atomic E-state index is -0.240. The zero-order valence-electron chi connectivity index (χ0n) is 10.8. The molecule has 2 aromatic rings. The third-order valence-electron chi connectivity index (χ3n) is 3.06. The van der Waals surface area contributed by atoms with Crippen molar-refractivity contribution in [3.05, 3.63) is 35.8 Å². The van der Waals surface area contributed by atoms with E-state index in [4.69, 9.17) is 5.73 Å². The van der Waals surface area contributed by atoms with Crippen molar-refractivity contribution >= 4 is 5.82 Å². The van der Waals surface area contributed by atoms with Crippen LogP contribution < -0.4 is 5.73 Å². The highest BCUT2D eigenvalue weighted by molar-refractivity contribution is 5.76. The van der Waals surface area contributed by atoms with Gasteiger partial charge in [-0.25, -0.2) is 4.39 Å². The first-order valence-electron chi connectivity index (χ1n) is 6.20. The number of rotatable bonds is 4. The SMILES string of the molecule is CCCCc1nn(C)c(N)c1-c1ccc(F)cc1. The van der Waals surface area contributed by atoms with Gasteiger partial charge in [0.25, 0.3) is 0 Å². The summed E-state index contributed by atoms with van der Waals surface area (Å²) < 4.78 is 14.6. The van der Waals surface area contributed by atoms with Crippen LogP contribution in [0.5, 0.6) is 0 Å². The molecule has 0 radical (unpaired) electrons. The summed E-state index contributed by atoms with van der Waals surface area (Å²) >= 11 is 0. The molecule has 1 aromatic carbocycles. The van der Waals surface area contributed by atoms with E-state index in [1.165, 1.54) is 12.1 Å². The van der Waals surface area contributed by atoms with Crippen molar-refractivity contribution in [1.29, 1.82) is 0 Å². The van der Waals surface area contributed by atoms with Crippen LogP contribution in [0, 0.1) is 5.82 Å². The Morgan fingerprint density at radius 3 is 2.56 bits per heavy atom. The van der Waals surface area contributed by atoms with Crippen LogP contribution in [0.2, 0.25) is 0 Å². The highest BCUT2D eigenvalue weighted by atomic mass is 19.1. The van der Waals surface area contributed by atoms with Gasteiger partial charge in [0.05, 0.1) is 5.69 Å². The van der Waals surface area contributed by atoms with Crippen molar-refractivity contribution in [2.24, 2.45) is 7.05 Å². The quantitative estimate of drug-likeness (QED) is 0.902. The fourth-order valence-corrected chi connectivity index (χ4v) is 2.04. The number of unbranched alkanes of at least 4 members (excludes halogenated alkanes) is 1. The van der Waals surface area contributed by atoms with Crippen LogP contribution in [0.4, 0.5) is 10.2 Å². The molecule has 96 valence electrons. The summed E-state index contributed by atoms with van der Waals surface area (Å²) in [6.45, 7) is 2.14. The molecule has 0 fully saturated rings. The number of anilines is 1. The smallest absolute Gasteiger partial charge is 0.129 e. The summed E-state index contributed by atoms with van der Waals surface area (Å²) in [5.74, 6) is 0.393. The van der Waals surface area contributed by atoms with Crippen molar-refractivity contribution in [3.63, 3.8) is 0 Å². The summed E-state index contributed by atoms with van der Waals surface area (Å²) in [5.41, 5.74) is 8.90. The highest BCUT2D eigenvalue weighted by Crippen LogP contribution is 2.30. The molecule has 0 saturated heterocycles. The number of aryl methyl sites for hydroxylation is 2. The standard InChI is InChI=1S/C14H18FN3/c1-3-4-5-12-13(14(16)18(2)17-12)10-6-8-11(15)9-7-10/h6-9H,3-5,16H2,1-2H3. The van der Waals surface area contributed by atoms with Gasteiger partial charge in [0.15, 0.2) is 0 Å². The molecule has 3 nitrogen and oxygen atoms in total. The first-order valence-corrected chi connectivity index (χ1v) is 6.20. The van der Waals surface area contributed by atoms with Gasteiger partial charge < -0.3 is 5.73 Å². The van der Waals surface area contributed by atoms with Crippen molar-refractivity contribution in [2.75, 3.05) is 5.73 Å². The normalized spacial score (nSPS) is 10.8. The number of hydrogen-bond donors (Lipinski definition) is 1. The van der Waals surface area contributed by atoms with Gasteiger partial charge in [-0.1, -0.05) is 25.5 Å². The van der Waals surface area contributed by atoms with Crippen LogP contribution in [-0.4, -0.2) is 9.78 Å². The number of nitrogen functional groups attached to an aromatic ring is 1. The van der Waals surface area contributed by atoms with E-state index >= 15 is 0 Å². The summed E-state index contributed by atoms with van der Waals surface area (Å²) in [4.78, 5) is 0. The fourth-order valence-electron chi connectivity index (χ4n) is 2.04. The van der Waals surface area contributed by atoms with E-state index in [2.05, 4.69) is 12.0 Å². The lowest BCUT2D eigenvalue weighted by molar-refractivity contribution is 0.628. The lowest BCUT2D eigenvalue weighted by atomic mass is 10.0. The van der Waals surface area contributed by atoms with Crippen LogP contribution in [0.1, 0.15) is 25.5 Å². The summed E-state index contributed by atoms with van der Waals surface area (Å²) in [6, 6.07) is 6.40. The molecule has 0 amide bonds. The molecule has 0 aliphatic carbocycles. The Morgan fingerprint density at radius 2 is 1.94 bits per heavy atom. The molecule has 18 heavy (non-hydrogen) atoms. The predicted molar refractivity (Wildman–Crippen MR) is 71.6 cm³/mol. The topological polar surface area (TPSA) is 43.8 Å². The second kappa shape index (κ2) is 5.21. The van der Waals surface area contributed by atoms with E-state index in [9.17, 15) is 4.39 Å². The molecular weight excluding hydrogens is 229 g/mol. The largest absolute Gasteiger partial charge is 0.383 e. The van der Waals surface area contributed by atoms with Crippen molar-refractivity contribution in [1.82, 2.24) is 9.78 Å². The van der Waals surface area contributed by atoms with Crippen LogP contribution >= 0.6 is 0 Å². The van der Waals surface area contributed by atoms with Crippen molar-refractivity contribution < 1.29 is 4.39 Å².